The van der Waals surface area contributed by atoms with Crippen LogP contribution in [0.1, 0.15) is 30.4 Å². The first-order valence-corrected chi connectivity index (χ1v) is 10.6. The predicted octanol–water partition coefficient (Wildman–Crippen LogP) is 5.10. The van der Waals surface area contributed by atoms with Crippen LogP contribution in [0.5, 0.6) is 5.75 Å². The number of halogens is 1. The molecule has 3 aromatic rings. The van der Waals surface area contributed by atoms with E-state index in [9.17, 15) is 4.39 Å². The van der Waals surface area contributed by atoms with Gasteiger partial charge in [0.25, 0.3) is 0 Å². The maximum atomic E-state index is 14.3. The number of hydrogen-bond acceptors (Lipinski definition) is 5. The van der Waals surface area contributed by atoms with Gasteiger partial charge in [0.2, 0.25) is 0 Å². The highest BCUT2D eigenvalue weighted by molar-refractivity contribution is 5.92. The van der Waals surface area contributed by atoms with E-state index in [1.807, 2.05) is 19.1 Å². The molecule has 6 heteroatoms. The van der Waals surface area contributed by atoms with Crippen molar-refractivity contribution in [3.8, 4) is 5.75 Å². The fraction of sp³-hybridized carbons (Fsp3) is 0.417. The van der Waals surface area contributed by atoms with Gasteiger partial charge in [0, 0.05) is 5.39 Å². The Labute approximate surface area is 177 Å². The lowest BCUT2D eigenvalue weighted by Crippen LogP contribution is -2.30. The standard InChI is InChI=1S/C24H29FN4O/c1-16-4-7-21(20(25)12-16)28-24-19-14-23(30-3)18(13-22(19)26-15-27-24)6-5-17-8-10-29(2)11-9-17/h4,7,12-15,17H,5-6,8-11H2,1-3H3,(H,26,27,28). The first kappa shape index (κ1) is 20.5. The third-order valence-corrected chi connectivity index (χ3v) is 6.08. The largest absolute Gasteiger partial charge is 0.496 e. The van der Waals surface area contributed by atoms with E-state index in [-0.39, 0.29) is 5.82 Å². The second-order valence-corrected chi connectivity index (χ2v) is 8.30. The summed E-state index contributed by atoms with van der Waals surface area (Å²) in [5.41, 5.74) is 3.27. The summed E-state index contributed by atoms with van der Waals surface area (Å²) in [6.07, 6.45) is 6.15. The summed E-state index contributed by atoms with van der Waals surface area (Å²) in [6.45, 7) is 4.22. The van der Waals surface area contributed by atoms with Crippen molar-refractivity contribution in [2.45, 2.75) is 32.6 Å². The molecule has 0 aliphatic carbocycles. The fourth-order valence-electron chi connectivity index (χ4n) is 4.17. The number of methoxy groups -OCH3 is 1. The first-order valence-electron chi connectivity index (χ1n) is 10.6. The van der Waals surface area contributed by atoms with Crippen molar-refractivity contribution in [1.82, 2.24) is 14.9 Å². The van der Waals surface area contributed by atoms with Crippen molar-refractivity contribution in [3.63, 3.8) is 0 Å². The molecule has 4 rings (SSSR count). The van der Waals surface area contributed by atoms with Crippen LogP contribution in [0.3, 0.4) is 0 Å². The molecular weight excluding hydrogens is 379 g/mol. The van der Waals surface area contributed by atoms with Gasteiger partial charge in [0.15, 0.2) is 0 Å². The lowest BCUT2D eigenvalue weighted by atomic mass is 9.90. The number of aryl methyl sites for hydroxylation is 2. The SMILES string of the molecule is COc1cc2c(Nc3ccc(C)cc3F)ncnc2cc1CCC1CCN(C)CC1. The first-order chi connectivity index (χ1) is 14.5. The quantitative estimate of drug-likeness (QED) is 0.615. The minimum absolute atomic E-state index is 0.302. The summed E-state index contributed by atoms with van der Waals surface area (Å²) in [7, 11) is 3.88. The number of piperidine rings is 1. The molecule has 158 valence electrons. The molecule has 1 N–H and O–H groups in total. The second kappa shape index (κ2) is 8.96. The Bertz CT molecular complexity index is 1030. The van der Waals surface area contributed by atoms with Crippen molar-refractivity contribution < 1.29 is 9.13 Å². The molecule has 2 aromatic carbocycles. The molecule has 0 atom stereocenters. The molecule has 0 spiro atoms. The fourth-order valence-corrected chi connectivity index (χ4v) is 4.17. The van der Waals surface area contributed by atoms with Gasteiger partial charge in [0.05, 0.1) is 18.3 Å². The monoisotopic (exact) mass is 408 g/mol. The van der Waals surface area contributed by atoms with Crippen molar-refractivity contribution in [2.24, 2.45) is 5.92 Å². The minimum Gasteiger partial charge on any atom is -0.496 e. The van der Waals surface area contributed by atoms with Gasteiger partial charge in [-0.3, -0.25) is 0 Å². The van der Waals surface area contributed by atoms with Gasteiger partial charge in [-0.1, -0.05) is 6.07 Å². The van der Waals surface area contributed by atoms with Gasteiger partial charge in [-0.25, -0.2) is 14.4 Å². The number of ether oxygens (including phenoxy) is 1. The molecule has 2 heterocycles. The molecule has 30 heavy (non-hydrogen) atoms. The van der Waals surface area contributed by atoms with Crippen molar-refractivity contribution >= 4 is 22.4 Å². The zero-order valence-corrected chi connectivity index (χ0v) is 17.9. The van der Waals surface area contributed by atoms with Gasteiger partial charge in [0.1, 0.15) is 23.7 Å². The van der Waals surface area contributed by atoms with E-state index >= 15 is 0 Å². The number of fused-ring (bicyclic) bond motifs is 1. The maximum absolute atomic E-state index is 14.3. The number of nitrogens with zero attached hydrogens (tertiary/aromatic N) is 3. The zero-order chi connectivity index (χ0) is 21.1. The Kier molecular flexibility index (Phi) is 6.13. The van der Waals surface area contributed by atoms with Crippen LogP contribution in [0.25, 0.3) is 10.9 Å². The molecule has 0 radical (unpaired) electrons. The number of anilines is 2. The Hall–Kier alpha value is -2.73. The van der Waals surface area contributed by atoms with E-state index in [1.54, 1.807) is 13.2 Å². The molecule has 0 saturated carbocycles. The number of nitrogens with one attached hydrogen (secondary N) is 1. The van der Waals surface area contributed by atoms with Crippen LogP contribution in [0.4, 0.5) is 15.9 Å². The van der Waals surface area contributed by atoms with Crippen LogP contribution in [0.2, 0.25) is 0 Å². The van der Waals surface area contributed by atoms with E-state index in [0.29, 0.717) is 11.5 Å². The van der Waals surface area contributed by atoms with E-state index in [2.05, 4.69) is 33.3 Å². The summed E-state index contributed by atoms with van der Waals surface area (Å²) >= 11 is 0. The molecule has 0 amide bonds. The molecule has 1 aliphatic rings. The third-order valence-electron chi connectivity index (χ3n) is 6.08. The lowest BCUT2D eigenvalue weighted by Gasteiger charge is -2.29. The van der Waals surface area contributed by atoms with Crippen molar-refractivity contribution in [3.05, 3.63) is 53.6 Å². The van der Waals surface area contributed by atoms with Crippen LogP contribution in [0.15, 0.2) is 36.7 Å². The van der Waals surface area contributed by atoms with Crippen molar-refractivity contribution in [2.75, 3.05) is 32.6 Å². The maximum Gasteiger partial charge on any atom is 0.146 e. The number of rotatable bonds is 6. The lowest BCUT2D eigenvalue weighted by molar-refractivity contribution is 0.212. The smallest absolute Gasteiger partial charge is 0.146 e. The Morgan fingerprint density at radius 3 is 2.70 bits per heavy atom. The van der Waals surface area contributed by atoms with E-state index in [0.717, 1.165) is 46.5 Å². The summed E-state index contributed by atoms with van der Waals surface area (Å²) < 4.78 is 20.0. The molecule has 5 nitrogen and oxygen atoms in total. The highest BCUT2D eigenvalue weighted by atomic mass is 19.1. The normalized spacial score (nSPS) is 15.5. The van der Waals surface area contributed by atoms with Gasteiger partial charge in [-0.15, -0.1) is 0 Å². The number of benzene rings is 2. The molecular formula is C24H29FN4O. The summed E-state index contributed by atoms with van der Waals surface area (Å²) in [6, 6.07) is 9.16. The van der Waals surface area contributed by atoms with E-state index < -0.39 is 0 Å². The second-order valence-electron chi connectivity index (χ2n) is 8.30. The van der Waals surface area contributed by atoms with E-state index in [1.165, 1.54) is 38.3 Å². The molecule has 1 aromatic heterocycles. The highest BCUT2D eigenvalue weighted by Gasteiger charge is 2.18. The van der Waals surface area contributed by atoms with E-state index in [4.69, 9.17) is 4.74 Å². The number of aromatic nitrogens is 2. The van der Waals surface area contributed by atoms with Crippen molar-refractivity contribution in [1.29, 1.82) is 0 Å². The summed E-state index contributed by atoms with van der Waals surface area (Å²) in [5.74, 6) is 1.86. The number of likely N-dealkylation sites (tertiary alicyclic amines) is 1. The average Bonchev–Trinajstić information content (AvgIpc) is 2.75. The molecule has 1 fully saturated rings. The van der Waals surface area contributed by atoms with Gasteiger partial charge >= 0.3 is 0 Å². The summed E-state index contributed by atoms with van der Waals surface area (Å²) in [5, 5.41) is 3.93. The molecule has 1 aliphatic heterocycles. The van der Waals surface area contributed by atoms with Gasteiger partial charge < -0.3 is 15.0 Å². The topological polar surface area (TPSA) is 50.3 Å². The summed E-state index contributed by atoms with van der Waals surface area (Å²) in [4.78, 5) is 11.2. The highest BCUT2D eigenvalue weighted by Crippen LogP contribution is 2.32. The molecule has 1 saturated heterocycles. The predicted molar refractivity (Wildman–Crippen MR) is 119 cm³/mol. The molecule has 0 unspecified atom stereocenters. The Morgan fingerprint density at radius 2 is 1.97 bits per heavy atom. The van der Waals surface area contributed by atoms with Crippen LogP contribution in [-0.4, -0.2) is 42.1 Å². The average molecular weight is 409 g/mol. The minimum atomic E-state index is -0.302. The number of hydrogen-bond donors (Lipinski definition) is 1. The van der Waals surface area contributed by atoms with Crippen LogP contribution in [0, 0.1) is 18.7 Å². The Morgan fingerprint density at radius 1 is 1.17 bits per heavy atom. The van der Waals surface area contributed by atoms with Crippen LogP contribution >= 0.6 is 0 Å². The third kappa shape index (κ3) is 4.54. The van der Waals surface area contributed by atoms with Gasteiger partial charge in [-0.2, -0.15) is 0 Å². The van der Waals surface area contributed by atoms with Crippen LogP contribution < -0.4 is 10.1 Å². The molecule has 0 bridgehead atoms. The Balaban J connectivity index is 1.58. The van der Waals surface area contributed by atoms with Crippen LogP contribution in [-0.2, 0) is 6.42 Å². The van der Waals surface area contributed by atoms with Gasteiger partial charge in [-0.05, 0) is 94.1 Å². The zero-order valence-electron chi connectivity index (χ0n) is 17.9.